The van der Waals surface area contributed by atoms with E-state index in [-0.39, 0.29) is 5.78 Å². The first kappa shape index (κ1) is 16.5. The zero-order valence-corrected chi connectivity index (χ0v) is 15.8. The maximum atomic E-state index is 12.8. The third kappa shape index (κ3) is 3.26. The molecular formula is C20H23N3OS. The number of aryl methyl sites for hydroxylation is 1. The molecule has 1 aromatic carbocycles. The first-order valence-corrected chi connectivity index (χ1v) is 9.59. The Morgan fingerprint density at radius 3 is 2.80 bits per heavy atom. The van der Waals surface area contributed by atoms with Crippen molar-refractivity contribution in [3.05, 3.63) is 52.3 Å². The zero-order valence-electron chi connectivity index (χ0n) is 15.0. The molecule has 2 aromatic heterocycles. The fourth-order valence-electron chi connectivity index (χ4n) is 3.56. The molecule has 0 saturated heterocycles. The van der Waals surface area contributed by atoms with Gasteiger partial charge in [-0.25, -0.2) is 4.98 Å². The number of aromatic nitrogens is 2. The van der Waals surface area contributed by atoms with Crippen LogP contribution in [0.2, 0.25) is 0 Å². The van der Waals surface area contributed by atoms with Crippen LogP contribution in [0.5, 0.6) is 0 Å². The summed E-state index contributed by atoms with van der Waals surface area (Å²) in [6, 6.07) is 10.8. The van der Waals surface area contributed by atoms with E-state index in [9.17, 15) is 4.79 Å². The Hall–Kier alpha value is -1.98. The number of likely N-dealkylation sites (N-methyl/N-ethyl adjacent to an activating group) is 1. The Bertz CT molecular complexity index is 903. The van der Waals surface area contributed by atoms with Crippen LogP contribution in [-0.2, 0) is 6.54 Å². The van der Waals surface area contributed by atoms with Gasteiger partial charge in [-0.15, -0.1) is 11.3 Å². The molecule has 4 rings (SSSR count). The van der Waals surface area contributed by atoms with Gasteiger partial charge < -0.3 is 4.57 Å². The first-order chi connectivity index (χ1) is 12.0. The Morgan fingerprint density at radius 2 is 2.08 bits per heavy atom. The highest BCUT2D eigenvalue weighted by atomic mass is 32.1. The average molecular weight is 353 g/mol. The minimum atomic E-state index is 0.198. The molecule has 3 aromatic rings. The molecule has 0 amide bonds. The molecule has 130 valence electrons. The second kappa shape index (κ2) is 6.39. The summed E-state index contributed by atoms with van der Waals surface area (Å²) in [7, 11) is 1.99. The van der Waals surface area contributed by atoms with Gasteiger partial charge in [-0.3, -0.25) is 9.69 Å². The van der Waals surface area contributed by atoms with Gasteiger partial charge in [0, 0.05) is 23.0 Å². The van der Waals surface area contributed by atoms with Crippen molar-refractivity contribution in [2.45, 2.75) is 39.3 Å². The van der Waals surface area contributed by atoms with Crippen LogP contribution >= 0.6 is 11.3 Å². The molecule has 0 spiro atoms. The SMILES string of the molecule is Cc1cc(C(=O)CN(C)Cc2nc3ccccc3s2)c(C)n1C1CC1. The minimum Gasteiger partial charge on any atom is -0.345 e. The van der Waals surface area contributed by atoms with Crippen molar-refractivity contribution in [1.29, 1.82) is 0 Å². The number of benzene rings is 1. The van der Waals surface area contributed by atoms with Crippen molar-refractivity contribution >= 4 is 27.3 Å². The van der Waals surface area contributed by atoms with E-state index >= 15 is 0 Å². The summed E-state index contributed by atoms with van der Waals surface area (Å²) in [5.74, 6) is 0.198. The van der Waals surface area contributed by atoms with Gasteiger partial charge in [0.05, 0.1) is 23.3 Å². The number of carbonyl (C=O) groups is 1. The maximum absolute atomic E-state index is 12.8. The zero-order chi connectivity index (χ0) is 17.6. The molecule has 1 saturated carbocycles. The van der Waals surface area contributed by atoms with Crippen molar-refractivity contribution < 1.29 is 4.79 Å². The highest BCUT2D eigenvalue weighted by Crippen LogP contribution is 2.38. The van der Waals surface area contributed by atoms with E-state index in [0.29, 0.717) is 19.1 Å². The van der Waals surface area contributed by atoms with Crippen molar-refractivity contribution in [1.82, 2.24) is 14.5 Å². The van der Waals surface area contributed by atoms with Crippen molar-refractivity contribution in [3.63, 3.8) is 0 Å². The highest BCUT2D eigenvalue weighted by molar-refractivity contribution is 7.18. The van der Waals surface area contributed by atoms with Crippen molar-refractivity contribution in [2.75, 3.05) is 13.6 Å². The molecule has 0 unspecified atom stereocenters. The molecule has 5 heteroatoms. The molecule has 0 bridgehead atoms. The fraction of sp³-hybridized carbons (Fsp3) is 0.400. The van der Waals surface area contributed by atoms with Crippen molar-refractivity contribution in [2.24, 2.45) is 0 Å². The lowest BCUT2D eigenvalue weighted by Gasteiger charge is -2.14. The summed E-state index contributed by atoms with van der Waals surface area (Å²) in [4.78, 5) is 19.5. The molecule has 4 nitrogen and oxygen atoms in total. The molecular weight excluding hydrogens is 330 g/mol. The molecule has 1 aliphatic carbocycles. The Labute approximate surface area is 152 Å². The van der Waals surface area contributed by atoms with Crippen LogP contribution in [0.25, 0.3) is 10.2 Å². The molecule has 25 heavy (non-hydrogen) atoms. The summed E-state index contributed by atoms with van der Waals surface area (Å²) < 4.78 is 3.53. The number of thiazole rings is 1. The van der Waals surface area contributed by atoms with E-state index in [4.69, 9.17) is 0 Å². The minimum absolute atomic E-state index is 0.198. The van der Waals surface area contributed by atoms with Crippen LogP contribution in [0.3, 0.4) is 0 Å². The summed E-state index contributed by atoms with van der Waals surface area (Å²) in [6.07, 6.45) is 2.48. The molecule has 0 N–H and O–H groups in total. The molecule has 0 aliphatic heterocycles. The Kier molecular flexibility index (Phi) is 4.21. The van der Waals surface area contributed by atoms with E-state index < -0.39 is 0 Å². The number of rotatable bonds is 6. The lowest BCUT2D eigenvalue weighted by molar-refractivity contribution is 0.0942. The number of hydrogen-bond acceptors (Lipinski definition) is 4. The van der Waals surface area contributed by atoms with Gasteiger partial charge in [0.15, 0.2) is 5.78 Å². The molecule has 1 aliphatic rings. The number of fused-ring (bicyclic) bond motifs is 1. The number of para-hydroxylation sites is 1. The molecule has 1 fully saturated rings. The van der Waals surface area contributed by atoms with Gasteiger partial charge in [-0.05, 0) is 51.9 Å². The summed E-state index contributed by atoms with van der Waals surface area (Å²) in [5.41, 5.74) is 4.24. The quantitative estimate of drug-likeness (QED) is 0.618. The number of nitrogens with zero attached hydrogens (tertiary/aromatic N) is 3. The van der Waals surface area contributed by atoms with Crippen LogP contribution in [-0.4, -0.2) is 33.8 Å². The van der Waals surface area contributed by atoms with Gasteiger partial charge in [0.25, 0.3) is 0 Å². The Balaban J connectivity index is 1.46. The normalized spacial score (nSPS) is 14.6. The van der Waals surface area contributed by atoms with E-state index in [0.717, 1.165) is 21.8 Å². The van der Waals surface area contributed by atoms with E-state index in [1.54, 1.807) is 11.3 Å². The van der Waals surface area contributed by atoms with Crippen LogP contribution in [0.15, 0.2) is 30.3 Å². The van der Waals surface area contributed by atoms with Gasteiger partial charge in [0.1, 0.15) is 5.01 Å². The van der Waals surface area contributed by atoms with Crippen LogP contribution in [0.4, 0.5) is 0 Å². The lowest BCUT2D eigenvalue weighted by atomic mass is 10.1. The average Bonchev–Trinajstić information content (AvgIpc) is 3.23. The standard InChI is InChI=1S/C20H23N3OS/c1-13-10-16(14(2)23(13)15-8-9-15)18(24)11-22(3)12-20-21-17-6-4-5-7-19(17)25-20/h4-7,10,15H,8-9,11-12H2,1-3H3. The second-order valence-corrected chi connectivity index (χ2v) is 8.17. The predicted molar refractivity (Wildman–Crippen MR) is 102 cm³/mol. The number of Topliss-reactive ketones (excluding diaryl/α,β-unsaturated/α-hetero) is 1. The van der Waals surface area contributed by atoms with Crippen LogP contribution in [0, 0.1) is 13.8 Å². The van der Waals surface area contributed by atoms with E-state index in [2.05, 4.69) is 40.4 Å². The van der Waals surface area contributed by atoms with Crippen LogP contribution < -0.4 is 0 Å². The smallest absolute Gasteiger partial charge is 0.178 e. The number of carbonyl (C=O) groups excluding carboxylic acids is 1. The topological polar surface area (TPSA) is 38.1 Å². The third-order valence-electron chi connectivity index (χ3n) is 4.85. The summed E-state index contributed by atoms with van der Waals surface area (Å²) >= 11 is 1.70. The second-order valence-electron chi connectivity index (χ2n) is 7.06. The number of hydrogen-bond donors (Lipinski definition) is 0. The first-order valence-electron chi connectivity index (χ1n) is 8.77. The van der Waals surface area contributed by atoms with Crippen LogP contribution in [0.1, 0.15) is 45.6 Å². The lowest BCUT2D eigenvalue weighted by Crippen LogP contribution is -2.25. The monoisotopic (exact) mass is 353 g/mol. The summed E-state index contributed by atoms with van der Waals surface area (Å²) in [5, 5.41) is 1.06. The van der Waals surface area contributed by atoms with Gasteiger partial charge in [-0.2, -0.15) is 0 Å². The van der Waals surface area contributed by atoms with Gasteiger partial charge in [-0.1, -0.05) is 12.1 Å². The predicted octanol–water partition coefficient (Wildman–Crippen LogP) is 4.36. The summed E-state index contributed by atoms with van der Waals surface area (Å²) in [6.45, 7) is 5.30. The highest BCUT2D eigenvalue weighted by Gasteiger charge is 2.28. The van der Waals surface area contributed by atoms with E-state index in [1.807, 2.05) is 25.2 Å². The Morgan fingerprint density at radius 1 is 1.32 bits per heavy atom. The van der Waals surface area contributed by atoms with E-state index in [1.165, 1.54) is 23.2 Å². The molecule has 2 heterocycles. The fourth-order valence-corrected chi connectivity index (χ4v) is 4.61. The molecule has 0 radical (unpaired) electrons. The maximum Gasteiger partial charge on any atom is 0.178 e. The number of ketones is 1. The third-order valence-corrected chi connectivity index (χ3v) is 5.87. The molecule has 0 atom stereocenters. The van der Waals surface area contributed by atoms with Gasteiger partial charge in [0.2, 0.25) is 0 Å². The largest absolute Gasteiger partial charge is 0.345 e. The van der Waals surface area contributed by atoms with Gasteiger partial charge >= 0.3 is 0 Å². The van der Waals surface area contributed by atoms with Crippen molar-refractivity contribution in [3.8, 4) is 0 Å².